The predicted molar refractivity (Wildman–Crippen MR) is 39.1 cm³/mol. The van der Waals surface area contributed by atoms with E-state index in [9.17, 15) is 18.5 Å². The fourth-order valence-electron chi connectivity index (χ4n) is 0.670. The summed E-state index contributed by atoms with van der Waals surface area (Å²) in [5.41, 5.74) is 0. The van der Waals surface area contributed by atoms with E-state index in [1.165, 1.54) is 0 Å². The fourth-order valence-corrected chi connectivity index (χ4v) is 1.36. The van der Waals surface area contributed by atoms with Gasteiger partial charge < -0.3 is 10.1 Å². The van der Waals surface area contributed by atoms with Crippen LogP contribution in [0.5, 0.6) is 0 Å². The lowest BCUT2D eigenvalue weighted by atomic mass is 10.7. The lowest BCUT2D eigenvalue weighted by Crippen LogP contribution is -2.13. The zero-order valence-electron chi connectivity index (χ0n) is 6.04. The van der Waals surface area contributed by atoms with E-state index in [1.807, 2.05) is 0 Å². The second-order valence-corrected chi connectivity index (χ2v) is 3.86. The van der Waals surface area contributed by atoms with Gasteiger partial charge in [-0.1, -0.05) is 5.10 Å². The molecular formula is C4H5N3O4S. The molecule has 0 radical (unpaired) electrons. The minimum absolute atomic E-state index is 0.368. The van der Waals surface area contributed by atoms with Crippen molar-refractivity contribution in [1.29, 1.82) is 0 Å². The zero-order chi connectivity index (χ0) is 9.35. The van der Waals surface area contributed by atoms with E-state index in [2.05, 4.69) is 5.10 Å². The van der Waals surface area contributed by atoms with E-state index in [1.54, 1.807) is 0 Å². The molecule has 0 bridgehead atoms. The molecule has 0 atom stereocenters. The molecule has 1 aromatic rings. The van der Waals surface area contributed by atoms with Crippen LogP contribution in [0.25, 0.3) is 0 Å². The Balaban J connectivity index is 3.36. The van der Waals surface area contributed by atoms with Crippen molar-refractivity contribution in [2.24, 2.45) is 0 Å². The number of nitrogens with zero attached hydrogens (tertiary/aromatic N) is 3. The molecule has 0 amide bonds. The third-order valence-corrected chi connectivity index (χ3v) is 2.00. The standard InChI is InChI=1S/C4H5N3O4S/c1-12(10,11)6-4(7(8)9)2-3-5-6/h2-3H,1H3. The molecule has 12 heavy (non-hydrogen) atoms. The van der Waals surface area contributed by atoms with Gasteiger partial charge in [-0.25, -0.2) is 0 Å². The average Bonchev–Trinajstić information content (AvgIpc) is 2.30. The first kappa shape index (κ1) is 8.65. The molecule has 0 N–H and O–H groups in total. The molecule has 8 heteroatoms. The van der Waals surface area contributed by atoms with Crippen LogP contribution in [0.2, 0.25) is 0 Å². The molecule has 1 heterocycles. The third-order valence-electron chi connectivity index (χ3n) is 1.09. The molecule has 0 saturated heterocycles. The molecule has 0 aromatic carbocycles. The van der Waals surface area contributed by atoms with Gasteiger partial charge in [0.25, 0.3) is 0 Å². The number of hydrogen-bond donors (Lipinski definition) is 0. The molecule has 0 unspecified atom stereocenters. The van der Waals surface area contributed by atoms with Crippen LogP contribution in [0.15, 0.2) is 12.3 Å². The molecule has 0 spiro atoms. The van der Waals surface area contributed by atoms with Crippen molar-refractivity contribution >= 4 is 15.8 Å². The largest absolute Gasteiger partial charge is 0.361 e. The molecule has 0 aliphatic rings. The maximum atomic E-state index is 10.8. The van der Waals surface area contributed by atoms with Crippen molar-refractivity contribution in [2.45, 2.75) is 0 Å². The summed E-state index contributed by atoms with van der Waals surface area (Å²) < 4.78 is 22.0. The number of aromatic nitrogens is 2. The molecule has 0 aliphatic heterocycles. The number of hydrogen-bond acceptors (Lipinski definition) is 5. The van der Waals surface area contributed by atoms with Crippen molar-refractivity contribution in [3.63, 3.8) is 0 Å². The van der Waals surface area contributed by atoms with Crippen molar-refractivity contribution < 1.29 is 13.3 Å². The third kappa shape index (κ3) is 1.42. The molecule has 1 aromatic heterocycles. The van der Waals surface area contributed by atoms with Crippen LogP contribution in [-0.4, -0.2) is 28.8 Å². The second-order valence-electron chi connectivity index (χ2n) is 2.05. The molecule has 7 nitrogen and oxygen atoms in total. The normalized spacial score (nSPS) is 11.4. The maximum Gasteiger partial charge on any atom is 0.361 e. The van der Waals surface area contributed by atoms with Crippen LogP contribution in [0, 0.1) is 10.1 Å². The molecule has 0 aliphatic carbocycles. The van der Waals surface area contributed by atoms with Crippen LogP contribution in [0.1, 0.15) is 0 Å². The first-order valence-electron chi connectivity index (χ1n) is 2.82. The van der Waals surface area contributed by atoms with Crippen LogP contribution in [-0.2, 0) is 10.0 Å². The van der Waals surface area contributed by atoms with Crippen LogP contribution in [0.3, 0.4) is 0 Å². The first-order chi connectivity index (χ1) is 5.43. The minimum atomic E-state index is -3.67. The Kier molecular flexibility index (Phi) is 1.84. The Morgan fingerprint density at radius 1 is 1.67 bits per heavy atom. The second kappa shape index (κ2) is 2.55. The summed E-state index contributed by atoms with van der Waals surface area (Å²) in [4.78, 5) is 9.40. The average molecular weight is 191 g/mol. The van der Waals surface area contributed by atoms with E-state index < -0.39 is 20.8 Å². The van der Waals surface area contributed by atoms with Gasteiger partial charge in [-0.3, -0.25) is 0 Å². The highest BCUT2D eigenvalue weighted by Crippen LogP contribution is 2.10. The topological polar surface area (TPSA) is 95.1 Å². The number of rotatable bonds is 2. The minimum Gasteiger partial charge on any atom is -0.358 e. The highest BCUT2D eigenvalue weighted by Gasteiger charge is 2.22. The van der Waals surface area contributed by atoms with Crippen molar-refractivity contribution in [3.05, 3.63) is 22.4 Å². The Morgan fingerprint density at radius 2 is 2.25 bits per heavy atom. The lowest BCUT2D eigenvalue weighted by Gasteiger charge is -1.94. The summed E-state index contributed by atoms with van der Waals surface area (Å²) >= 11 is 0. The molecule has 1 rings (SSSR count). The Bertz CT molecular complexity index is 406. The highest BCUT2D eigenvalue weighted by atomic mass is 32.2. The molecule has 66 valence electrons. The predicted octanol–water partition coefficient (Wildman–Crippen LogP) is -0.401. The zero-order valence-corrected chi connectivity index (χ0v) is 6.85. The van der Waals surface area contributed by atoms with Crippen LogP contribution < -0.4 is 0 Å². The first-order valence-corrected chi connectivity index (χ1v) is 4.67. The smallest absolute Gasteiger partial charge is 0.358 e. The Labute approximate surface area is 67.8 Å². The van der Waals surface area contributed by atoms with Gasteiger partial charge in [0, 0.05) is 0 Å². The van der Waals surface area contributed by atoms with Crippen molar-refractivity contribution in [2.75, 3.05) is 6.26 Å². The highest BCUT2D eigenvalue weighted by molar-refractivity contribution is 7.89. The SMILES string of the molecule is CS(=O)(=O)n1nccc1[N+](=O)[O-]. The summed E-state index contributed by atoms with van der Waals surface area (Å²) in [5.74, 6) is -0.558. The van der Waals surface area contributed by atoms with Crippen molar-refractivity contribution in [1.82, 2.24) is 9.19 Å². The van der Waals surface area contributed by atoms with Crippen LogP contribution in [0.4, 0.5) is 5.82 Å². The Morgan fingerprint density at radius 3 is 2.58 bits per heavy atom. The van der Waals surface area contributed by atoms with Crippen LogP contribution >= 0.6 is 0 Å². The van der Waals surface area contributed by atoms with Gasteiger partial charge in [-0.05, 0) is 9.01 Å². The lowest BCUT2D eigenvalue weighted by molar-refractivity contribution is -0.390. The van der Waals surface area contributed by atoms with Gasteiger partial charge >= 0.3 is 15.8 Å². The van der Waals surface area contributed by atoms with Gasteiger partial charge in [0.15, 0.2) is 0 Å². The molecular weight excluding hydrogens is 186 g/mol. The van der Waals surface area contributed by atoms with E-state index >= 15 is 0 Å². The van der Waals surface area contributed by atoms with E-state index in [0.717, 1.165) is 18.5 Å². The summed E-state index contributed by atoms with van der Waals surface area (Å²) in [6.45, 7) is 0. The summed E-state index contributed by atoms with van der Waals surface area (Å²) in [7, 11) is -3.67. The van der Waals surface area contributed by atoms with Gasteiger partial charge in [0.2, 0.25) is 0 Å². The van der Waals surface area contributed by atoms with E-state index in [4.69, 9.17) is 0 Å². The summed E-state index contributed by atoms with van der Waals surface area (Å²) in [5, 5.41) is 13.5. The summed E-state index contributed by atoms with van der Waals surface area (Å²) in [6.07, 6.45) is 1.90. The van der Waals surface area contributed by atoms with Gasteiger partial charge in [-0.15, -0.1) is 0 Å². The van der Waals surface area contributed by atoms with Gasteiger partial charge in [0.1, 0.15) is 0 Å². The summed E-state index contributed by atoms with van der Waals surface area (Å²) in [6, 6.07) is 1.01. The van der Waals surface area contributed by atoms with E-state index in [-0.39, 0.29) is 0 Å². The molecule has 0 fully saturated rings. The monoisotopic (exact) mass is 191 g/mol. The van der Waals surface area contributed by atoms with E-state index in [0.29, 0.717) is 4.09 Å². The maximum absolute atomic E-state index is 10.8. The van der Waals surface area contributed by atoms with Gasteiger partial charge in [-0.2, -0.15) is 8.42 Å². The Hall–Kier alpha value is -1.44. The quantitative estimate of drug-likeness (QED) is 0.468. The fraction of sp³-hybridized carbons (Fsp3) is 0.250. The molecule has 0 saturated carbocycles. The van der Waals surface area contributed by atoms with Gasteiger partial charge in [0.05, 0.1) is 18.5 Å². The van der Waals surface area contributed by atoms with Crippen molar-refractivity contribution in [3.8, 4) is 0 Å². The number of nitro groups is 1.